The molecule has 2 rings (SSSR count). The molecule has 0 radical (unpaired) electrons. The van der Waals surface area contributed by atoms with E-state index in [0.29, 0.717) is 6.54 Å². The first kappa shape index (κ1) is 20.6. The number of rotatable bonds is 7. The number of likely N-dealkylation sites (N-methyl/N-ethyl adjacent to an activating group) is 2. The summed E-state index contributed by atoms with van der Waals surface area (Å²) in [4.78, 5) is 27.2. The molecule has 0 aromatic heterocycles. The van der Waals surface area contributed by atoms with E-state index >= 15 is 0 Å². The molecule has 5 heteroatoms. The SMILES string of the molecule is Cc1ccc(NC(=O)CN(C)C(=O)C[NH+](C)Cc2ccc(C)cc2C)cc1. The zero-order valence-electron chi connectivity index (χ0n) is 16.9. The van der Waals surface area contributed by atoms with Gasteiger partial charge in [0.1, 0.15) is 6.54 Å². The maximum absolute atomic E-state index is 12.4. The van der Waals surface area contributed by atoms with Gasteiger partial charge in [-0.1, -0.05) is 41.5 Å². The number of hydrogen-bond donors (Lipinski definition) is 2. The first-order valence-electron chi connectivity index (χ1n) is 9.22. The van der Waals surface area contributed by atoms with E-state index in [2.05, 4.69) is 37.4 Å². The van der Waals surface area contributed by atoms with Gasteiger partial charge in [-0.15, -0.1) is 0 Å². The number of carbonyl (C=O) groups is 2. The molecule has 0 aliphatic heterocycles. The molecule has 0 saturated carbocycles. The van der Waals surface area contributed by atoms with E-state index in [1.54, 1.807) is 7.05 Å². The van der Waals surface area contributed by atoms with E-state index in [0.717, 1.165) is 22.7 Å². The fourth-order valence-electron chi connectivity index (χ4n) is 2.97. The summed E-state index contributed by atoms with van der Waals surface area (Å²) in [6.45, 7) is 7.34. The normalized spacial score (nSPS) is 11.7. The van der Waals surface area contributed by atoms with Crippen molar-refractivity contribution in [1.82, 2.24) is 4.90 Å². The Kier molecular flexibility index (Phi) is 7.13. The smallest absolute Gasteiger partial charge is 0.277 e. The van der Waals surface area contributed by atoms with Crippen LogP contribution in [0.5, 0.6) is 0 Å². The van der Waals surface area contributed by atoms with Crippen LogP contribution in [0, 0.1) is 20.8 Å². The fourth-order valence-corrected chi connectivity index (χ4v) is 2.97. The van der Waals surface area contributed by atoms with Crippen molar-refractivity contribution in [1.29, 1.82) is 0 Å². The molecule has 27 heavy (non-hydrogen) atoms. The number of carbonyl (C=O) groups excluding carboxylic acids is 2. The minimum Gasteiger partial charge on any atom is -0.332 e. The molecule has 2 aromatic rings. The second-order valence-corrected chi connectivity index (χ2v) is 7.40. The van der Waals surface area contributed by atoms with Crippen LogP contribution in [0.1, 0.15) is 22.3 Å². The lowest BCUT2D eigenvalue weighted by Crippen LogP contribution is -3.08. The number of amides is 2. The standard InChI is InChI=1S/C22H29N3O2/c1-16-7-10-20(11-8-16)23-21(26)14-25(5)22(27)15-24(4)13-19-9-6-17(2)12-18(19)3/h6-12H,13-15H2,1-5H3,(H,23,26)/p+1. The molecule has 0 saturated heterocycles. The molecule has 0 heterocycles. The van der Waals surface area contributed by atoms with E-state index in [-0.39, 0.29) is 18.4 Å². The third-order valence-corrected chi connectivity index (χ3v) is 4.59. The summed E-state index contributed by atoms with van der Waals surface area (Å²) in [6.07, 6.45) is 0. The highest BCUT2D eigenvalue weighted by molar-refractivity contribution is 5.94. The summed E-state index contributed by atoms with van der Waals surface area (Å²) < 4.78 is 0. The molecule has 1 atom stereocenters. The monoisotopic (exact) mass is 368 g/mol. The van der Waals surface area contributed by atoms with E-state index in [4.69, 9.17) is 0 Å². The molecule has 0 aliphatic rings. The van der Waals surface area contributed by atoms with E-state index in [9.17, 15) is 9.59 Å². The van der Waals surface area contributed by atoms with Crippen LogP contribution in [0.4, 0.5) is 5.69 Å². The number of anilines is 1. The van der Waals surface area contributed by atoms with Crippen molar-refractivity contribution in [3.8, 4) is 0 Å². The van der Waals surface area contributed by atoms with Gasteiger partial charge in [0.05, 0.1) is 13.6 Å². The van der Waals surface area contributed by atoms with Gasteiger partial charge in [-0.3, -0.25) is 9.59 Å². The minimum atomic E-state index is -0.193. The molecule has 1 unspecified atom stereocenters. The Labute approximate surface area is 162 Å². The fraction of sp³-hybridized carbons (Fsp3) is 0.364. The van der Waals surface area contributed by atoms with Crippen molar-refractivity contribution in [2.45, 2.75) is 27.3 Å². The summed E-state index contributed by atoms with van der Waals surface area (Å²) in [6, 6.07) is 14.0. The largest absolute Gasteiger partial charge is 0.332 e. The summed E-state index contributed by atoms with van der Waals surface area (Å²) in [5.41, 5.74) is 5.60. The van der Waals surface area contributed by atoms with E-state index in [1.807, 2.05) is 38.2 Å². The first-order valence-corrected chi connectivity index (χ1v) is 9.22. The van der Waals surface area contributed by atoms with Gasteiger partial charge in [0.2, 0.25) is 5.91 Å². The van der Waals surface area contributed by atoms with Gasteiger partial charge in [0.25, 0.3) is 5.91 Å². The predicted octanol–water partition coefficient (Wildman–Crippen LogP) is 1.72. The molecule has 0 aliphatic carbocycles. The first-order chi connectivity index (χ1) is 12.7. The van der Waals surface area contributed by atoms with E-state index < -0.39 is 0 Å². The zero-order chi connectivity index (χ0) is 20.0. The van der Waals surface area contributed by atoms with Crippen LogP contribution >= 0.6 is 0 Å². The van der Waals surface area contributed by atoms with Gasteiger partial charge < -0.3 is 15.1 Å². The predicted molar refractivity (Wildman–Crippen MR) is 109 cm³/mol. The van der Waals surface area contributed by atoms with Gasteiger partial charge in [0.15, 0.2) is 6.54 Å². The van der Waals surface area contributed by atoms with Crippen LogP contribution in [-0.4, -0.2) is 43.9 Å². The average Bonchev–Trinajstić information content (AvgIpc) is 2.59. The number of nitrogens with one attached hydrogen (secondary N) is 2. The molecule has 2 aromatic carbocycles. The Morgan fingerprint density at radius 2 is 1.63 bits per heavy atom. The molecule has 5 nitrogen and oxygen atoms in total. The summed E-state index contributed by atoms with van der Waals surface area (Å²) in [5, 5.41) is 2.82. The van der Waals surface area contributed by atoms with Gasteiger partial charge in [-0.25, -0.2) is 0 Å². The lowest BCUT2D eigenvalue weighted by Gasteiger charge is -2.20. The second kappa shape index (κ2) is 9.33. The van der Waals surface area contributed by atoms with Crippen molar-refractivity contribution in [2.75, 3.05) is 32.5 Å². The maximum Gasteiger partial charge on any atom is 0.277 e. The number of quaternary nitrogens is 1. The minimum absolute atomic E-state index is 0.0451. The molecule has 144 valence electrons. The molecular formula is C22H30N3O2+. The third kappa shape index (κ3) is 6.53. The van der Waals surface area contributed by atoms with Crippen molar-refractivity contribution in [3.63, 3.8) is 0 Å². The maximum atomic E-state index is 12.4. The van der Waals surface area contributed by atoms with Crippen molar-refractivity contribution < 1.29 is 14.5 Å². The van der Waals surface area contributed by atoms with Crippen LogP contribution in [0.15, 0.2) is 42.5 Å². The zero-order valence-corrected chi connectivity index (χ0v) is 16.9. The van der Waals surface area contributed by atoms with Crippen LogP contribution in [0.3, 0.4) is 0 Å². The lowest BCUT2D eigenvalue weighted by molar-refractivity contribution is -0.885. The van der Waals surface area contributed by atoms with Crippen molar-refractivity contribution >= 4 is 17.5 Å². The Morgan fingerprint density at radius 1 is 1.00 bits per heavy atom. The molecule has 2 N–H and O–H groups in total. The Bertz CT molecular complexity index is 800. The molecular weight excluding hydrogens is 338 g/mol. The van der Waals surface area contributed by atoms with Gasteiger partial charge >= 0.3 is 0 Å². The second-order valence-electron chi connectivity index (χ2n) is 7.40. The Hall–Kier alpha value is -2.66. The lowest BCUT2D eigenvalue weighted by atomic mass is 10.1. The molecule has 0 bridgehead atoms. The number of nitrogens with zero attached hydrogens (tertiary/aromatic N) is 1. The van der Waals surface area contributed by atoms with Crippen LogP contribution in [-0.2, 0) is 16.1 Å². The summed E-state index contributed by atoms with van der Waals surface area (Å²) in [7, 11) is 3.67. The summed E-state index contributed by atoms with van der Waals surface area (Å²) >= 11 is 0. The quantitative estimate of drug-likeness (QED) is 0.782. The Balaban J connectivity index is 1.83. The van der Waals surface area contributed by atoms with Gasteiger partial charge in [0, 0.05) is 18.3 Å². The number of aryl methyl sites for hydroxylation is 3. The van der Waals surface area contributed by atoms with Crippen LogP contribution in [0.2, 0.25) is 0 Å². The Morgan fingerprint density at radius 3 is 2.26 bits per heavy atom. The van der Waals surface area contributed by atoms with E-state index in [1.165, 1.54) is 21.6 Å². The topological polar surface area (TPSA) is 53.9 Å². The highest BCUT2D eigenvalue weighted by Crippen LogP contribution is 2.09. The molecule has 2 amide bonds. The number of benzene rings is 2. The number of hydrogen-bond acceptors (Lipinski definition) is 2. The highest BCUT2D eigenvalue weighted by Gasteiger charge is 2.18. The summed E-state index contributed by atoms with van der Waals surface area (Å²) in [5.74, 6) is -0.238. The van der Waals surface area contributed by atoms with Crippen molar-refractivity contribution in [2.24, 2.45) is 0 Å². The van der Waals surface area contributed by atoms with Crippen LogP contribution < -0.4 is 10.2 Å². The van der Waals surface area contributed by atoms with Gasteiger partial charge in [-0.05, 0) is 38.5 Å². The molecule has 0 spiro atoms. The van der Waals surface area contributed by atoms with Crippen LogP contribution in [0.25, 0.3) is 0 Å². The molecule has 0 fully saturated rings. The van der Waals surface area contributed by atoms with Crippen molar-refractivity contribution in [3.05, 3.63) is 64.7 Å². The van der Waals surface area contributed by atoms with Gasteiger partial charge in [-0.2, -0.15) is 0 Å². The third-order valence-electron chi connectivity index (χ3n) is 4.59. The average molecular weight is 369 g/mol. The highest BCUT2D eigenvalue weighted by atomic mass is 16.2.